The van der Waals surface area contributed by atoms with Crippen molar-refractivity contribution in [3.8, 4) is 0 Å². The third-order valence-corrected chi connectivity index (χ3v) is 5.28. The Morgan fingerprint density at radius 2 is 2.39 bits per heavy atom. The molecular formula is C11H7ClFN2S2W-. The van der Waals surface area contributed by atoms with E-state index in [4.69, 9.17) is 11.6 Å². The number of thioether (sulfide) groups is 1. The normalized spacial score (nSPS) is 11.3. The molecule has 0 aliphatic rings. The summed E-state index contributed by atoms with van der Waals surface area (Å²) in [5, 5.41) is 4.07. The Hall–Kier alpha value is -0.222. The van der Waals surface area contributed by atoms with Crippen molar-refractivity contribution in [1.82, 2.24) is 9.78 Å². The number of rotatable bonds is 3. The molecule has 0 bridgehead atoms. The van der Waals surface area contributed by atoms with Crippen molar-refractivity contribution in [3.63, 3.8) is 0 Å². The number of benzene rings is 1. The van der Waals surface area contributed by atoms with Crippen molar-refractivity contribution < 1.29 is 23.7 Å². The van der Waals surface area contributed by atoms with Gasteiger partial charge in [-0.3, -0.25) is 0 Å². The molecule has 1 aromatic carbocycles. The summed E-state index contributed by atoms with van der Waals surface area (Å²) in [7, 11) is 0. The average Bonchev–Trinajstić information content (AvgIpc) is 2.66. The molecule has 1 heterocycles. The molecule has 0 fully saturated rings. The van der Waals surface area contributed by atoms with Gasteiger partial charge in [-0.15, -0.1) is 0 Å². The summed E-state index contributed by atoms with van der Waals surface area (Å²) in [6, 6.07) is 5.06. The van der Waals surface area contributed by atoms with Gasteiger partial charge in [0.2, 0.25) is 0 Å². The first-order chi connectivity index (χ1) is 8.60. The maximum absolute atomic E-state index is 13.7. The zero-order chi connectivity index (χ0) is 13.1. The zero-order valence-electron chi connectivity index (χ0n) is 9.18. The SMILES string of the molecule is CSc1ccc([C-]=Cn2nc(Cl)s[c]2=[W])c(F)c1. The van der Waals surface area contributed by atoms with E-state index >= 15 is 0 Å². The predicted octanol–water partition coefficient (Wildman–Crippen LogP) is 3.86. The second-order valence-electron chi connectivity index (χ2n) is 3.18. The Morgan fingerprint density at radius 3 is 2.94 bits per heavy atom. The monoisotopic (exact) mass is 469 g/mol. The van der Waals surface area contributed by atoms with E-state index in [0.29, 0.717) is 10.0 Å². The molecule has 0 saturated heterocycles. The van der Waals surface area contributed by atoms with E-state index in [2.05, 4.69) is 11.2 Å². The molecule has 0 aliphatic carbocycles. The fourth-order valence-corrected chi connectivity index (χ4v) is 4.14. The van der Waals surface area contributed by atoms with Crippen LogP contribution in [0.15, 0.2) is 23.1 Å². The van der Waals surface area contributed by atoms with Crippen LogP contribution in [0.2, 0.25) is 4.47 Å². The third kappa shape index (κ3) is 3.41. The van der Waals surface area contributed by atoms with Gasteiger partial charge in [0.25, 0.3) is 0 Å². The van der Waals surface area contributed by atoms with E-state index in [1.54, 1.807) is 16.9 Å². The van der Waals surface area contributed by atoms with Gasteiger partial charge in [-0.25, -0.2) is 0 Å². The van der Waals surface area contributed by atoms with Crippen LogP contribution < -0.4 is 0 Å². The van der Waals surface area contributed by atoms with Crippen molar-refractivity contribution in [1.29, 1.82) is 0 Å². The molecule has 0 radical (unpaired) electrons. The van der Waals surface area contributed by atoms with Gasteiger partial charge in [0.1, 0.15) is 0 Å². The first-order valence-electron chi connectivity index (χ1n) is 4.78. The Kier molecular flexibility index (Phi) is 4.96. The van der Waals surface area contributed by atoms with Crippen molar-refractivity contribution in [2.75, 3.05) is 6.26 Å². The van der Waals surface area contributed by atoms with Crippen LogP contribution in [0.25, 0.3) is 6.20 Å². The standard InChI is InChI=1S/C11H7ClFN2S2.W/c1-16-9-3-2-8(10(13)6-9)4-5-15-7-17-11(12)14-15;/h2-3,5-6H,1H3;/q-1;. The first kappa shape index (κ1) is 14.2. The van der Waals surface area contributed by atoms with E-state index in [-0.39, 0.29) is 5.82 Å². The van der Waals surface area contributed by atoms with Gasteiger partial charge in [-0.2, -0.15) is 0 Å². The Labute approximate surface area is 128 Å². The maximum atomic E-state index is 13.7. The van der Waals surface area contributed by atoms with Crippen LogP contribution in [0, 0.1) is 14.9 Å². The van der Waals surface area contributed by atoms with Gasteiger partial charge in [0, 0.05) is 0 Å². The molecule has 0 atom stereocenters. The quantitative estimate of drug-likeness (QED) is 0.502. The van der Waals surface area contributed by atoms with E-state index in [9.17, 15) is 4.39 Å². The second kappa shape index (κ2) is 6.29. The summed E-state index contributed by atoms with van der Waals surface area (Å²) in [6.45, 7) is 0. The molecule has 0 unspecified atom stereocenters. The molecule has 0 aliphatic heterocycles. The molecule has 18 heavy (non-hydrogen) atoms. The molecule has 7 heteroatoms. The average molecular weight is 470 g/mol. The van der Waals surface area contributed by atoms with Crippen LogP contribution in [-0.2, 0) is 19.4 Å². The summed E-state index contributed by atoms with van der Waals surface area (Å²) in [4.78, 5) is 0.892. The number of hydrogen-bond donors (Lipinski definition) is 0. The van der Waals surface area contributed by atoms with Crippen molar-refractivity contribution in [2.45, 2.75) is 4.90 Å². The molecule has 1 aromatic heterocycles. The van der Waals surface area contributed by atoms with Crippen LogP contribution >= 0.6 is 34.7 Å². The molecule has 2 rings (SSSR count). The van der Waals surface area contributed by atoms with Gasteiger partial charge in [-0.05, 0) is 0 Å². The van der Waals surface area contributed by atoms with Gasteiger partial charge in [-0.1, -0.05) is 0 Å². The van der Waals surface area contributed by atoms with Crippen LogP contribution in [0.3, 0.4) is 0 Å². The minimum absolute atomic E-state index is 0.287. The van der Waals surface area contributed by atoms with Crippen LogP contribution in [0.4, 0.5) is 4.39 Å². The topological polar surface area (TPSA) is 17.8 Å². The van der Waals surface area contributed by atoms with Crippen molar-refractivity contribution >= 4 is 40.9 Å². The van der Waals surface area contributed by atoms with Gasteiger partial charge in [0.05, 0.1) is 0 Å². The molecule has 0 amide bonds. The molecule has 94 valence electrons. The van der Waals surface area contributed by atoms with E-state index < -0.39 is 0 Å². The Bertz CT molecular complexity index is 651. The molecular weight excluding hydrogens is 463 g/mol. The van der Waals surface area contributed by atoms with Crippen LogP contribution in [-0.4, -0.2) is 16.0 Å². The number of hydrogen-bond acceptors (Lipinski definition) is 3. The summed E-state index contributed by atoms with van der Waals surface area (Å²) in [5.41, 5.74) is 0.416. The van der Waals surface area contributed by atoms with Crippen molar-refractivity contribution in [2.24, 2.45) is 0 Å². The summed E-state index contributed by atoms with van der Waals surface area (Å²) in [5.74, 6) is -0.287. The molecule has 0 spiro atoms. The molecule has 2 aromatic rings. The number of halogens is 2. The zero-order valence-corrected chi connectivity index (χ0v) is 14.5. The second-order valence-corrected chi connectivity index (χ2v) is 8.04. The summed E-state index contributed by atoms with van der Waals surface area (Å²) in [6.07, 6.45) is 6.40. The van der Waals surface area contributed by atoms with E-state index in [1.165, 1.54) is 48.5 Å². The first-order valence-corrected chi connectivity index (χ1v) is 8.67. The fraction of sp³-hybridized carbons (Fsp3) is 0.0909. The van der Waals surface area contributed by atoms with Gasteiger partial charge >= 0.3 is 129 Å². The Balaban J connectivity index is 2.29. The van der Waals surface area contributed by atoms with Crippen LogP contribution in [0.5, 0.6) is 0 Å². The van der Waals surface area contributed by atoms with E-state index in [0.717, 1.165) is 7.88 Å². The van der Waals surface area contributed by atoms with Crippen LogP contribution in [0.1, 0.15) is 5.56 Å². The summed E-state index contributed by atoms with van der Waals surface area (Å²) >= 11 is 9.95. The summed E-state index contributed by atoms with van der Waals surface area (Å²) < 4.78 is 16.8. The molecule has 0 N–H and O–H groups in total. The number of aromatic nitrogens is 2. The Morgan fingerprint density at radius 1 is 1.61 bits per heavy atom. The van der Waals surface area contributed by atoms with E-state index in [1.807, 2.05) is 12.3 Å². The molecule has 2 nitrogen and oxygen atoms in total. The van der Waals surface area contributed by atoms with Gasteiger partial charge in [0.15, 0.2) is 0 Å². The predicted molar refractivity (Wildman–Crippen MR) is 69.6 cm³/mol. The van der Waals surface area contributed by atoms with Gasteiger partial charge < -0.3 is 0 Å². The fourth-order valence-electron chi connectivity index (χ4n) is 1.22. The minimum atomic E-state index is -0.287. The third-order valence-electron chi connectivity index (χ3n) is 2.06. The van der Waals surface area contributed by atoms with Crippen molar-refractivity contribution in [3.05, 3.63) is 43.1 Å². The number of nitrogens with zero attached hydrogens (tertiary/aromatic N) is 2. The molecule has 0 saturated carbocycles.